The van der Waals surface area contributed by atoms with Crippen LogP contribution in [0.15, 0.2) is 42.0 Å². The van der Waals surface area contributed by atoms with Gasteiger partial charge < -0.3 is 14.2 Å². The average Bonchev–Trinajstić information content (AvgIpc) is 3.03. The molecule has 31 heavy (non-hydrogen) atoms. The Morgan fingerprint density at radius 3 is 2.61 bits per heavy atom. The third-order valence-electron chi connectivity index (χ3n) is 4.45. The number of hydrogen-bond donors (Lipinski definition) is 1. The molecule has 3 rings (SSSR count). The summed E-state index contributed by atoms with van der Waals surface area (Å²) in [4.78, 5) is 36.7. The largest absolute Gasteiger partial charge is 0.493 e. The van der Waals surface area contributed by atoms with Crippen molar-refractivity contribution in [3.05, 3.63) is 58.1 Å². The molecular weight excluding hydrogens is 424 g/mol. The number of rotatable bonds is 7. The summed E-state index contributed by atoms with van der Waals surface area (Å²) < 4.78 is 15.5. The molecule has 1 N–H and O–H groups in total. The number of carbonyl (C=O) groups is 3. The van der Waals surface area contributed by atoms with Gasteiger partial charge in [-0.3, -0.25) is 15.0 Å². The fourth-order valence-corrected chi connectivity index (χ4v) is 3.03. The predicted molar refractivity (Wildman–Crippen MR) is 115 cm³/mol. The molecule has 1 aliphatic rings. The Hall–Kier alpha value is -3.52. The molecule has 1 aliphatic heterocycles. The summed E-state index contributed by atoms with van der Waals surface area (Å²) in [6.07, 6.45) is 1.45. The number of nitrogens with zero attached hydrogens (tertiary/aromatic N) is 1. The van der Waals surface area contributed by atoms with E-state index in [0.717, 1.165) is 10.6 Å². The second kappa shape index (κ2) is 9.53. The first-order valence-corrected chi connectivity index (χ1v) is 9.81. The fraction of sp³-hybridized carbons (Fsp3) is 0.227. The van der Waals surface area contributed by atoms with Crippen LogP contribution in [0.4, 0.5) is 5.69 Å². The van der Waals surface area contributed by atoms with Crippen LogP contribution in [-0.2, 0) is 19.1 Å². The molecule has 8 nitrogen and oxygen atoms in total. The Bertz CT molecular complexity index is 1070. The second-order valence-electron chi connectivity index (χ2n) is 6.58. The van der Waals surface area contributed by atoms with Gasteiger partial charge in [-0.1, -0.05) is 23.7 Å². The fourth-order valence-electron chi connectivity index (χ4n) is 2.86. The van der Waals surface area contributed by atoms with E-state index in [1.807, 2.05) is 6.92 Å². The number of benzene rings is 2. The number of hydrazine groups is 1. The molecule has 0 spiro atoms. The van der Waals surface area contributed by atoms with Gasteiger partial charge in [0.05, 0.1) is 19.4 Å². The zero-order valence-electron chi connectivity index (χ0n) is 17.2. The van der Waals surface area contributed by atoms with Gasteiger partial charge in [0.15, 0.2) is 18.1 Å². The van der Waals surface area contributed by atoms with Crippen molar-refractivity contribution < 1.29 is 28.6 Å². The second-order valence-corrected chi connectivity index (χ2v) is 6.98. The quantitative estimate of drug-likeness (QED) is 0.400. The number of amides is 2. The van der Waals surface area contributed by atoms with Crippen molar-refractivity contribution in [1.82, 2.24) is 5.43 Å². The Balaban J connectivity index is 1.82. The van der Waals surface area contributed by atoms with Crippen molar-refractivity contribution in [2.45, 2.75) is 13.8 Å². The zero-order valence-corrected chi connectivity index (χ0v) is 18.0. The molecule has 0 bridgehead atoms. The molecule has 9 heteroatoms. The number of aryl methyl sites for hydroxylation is 1. The number of ether oxygens (including phenoxy) is 3. The molecule has 0 saturated carbocycles. The lowest BCUT2D eigenvalue weighted by molar-refractivity contribution is -0.145. The number of esters is 1. The van der Waals surface area contributed by atoms with Gasteiger partial charge >= 0.3 is 5.97 Å². The van der Waals surface area contributed by atoms with Gasteiger partial charge in [0.2, 0.25) is 0 Å². The summed E-state index contributed by atoms with van der Waals surface area (Å²) >= 11 is 6.13. The van der Waals surface area contributed by atoms with Crippen LogP contribution in [-0.4, -0.2) is 38.1 Å². The lowest BCUT2D eigenvalue weighted by atomic mass is 10.1. The topological polar surface area (TPSA) is 94.2 Å². The monoisotopic (exact) mass is 444 g/mol. The van der Waals surface area contributed by atoms with Crippen LogP contribution in [0.3, 0.4) is 0 Å². The first-order valence-electron chi connectivity index (χ1n) is 9.43. The number of halogens is 1. The third kappa shape index (κ3) is 4.97. The molecule has 2 aromatic rings. The number of methoxy groups -OCH3 is 1. The highest BCUT2D eigenvalue weighted by Gasteiger charge is 2.34. The van der Waals surface area contributed by atoms with Crippen molar-refractivity contribution in [2.24, 2.45) is 0 Å². The van der Waals surface area contributed by atoms with E-state index in [1.165, 1.54) is 13.2 Å². The van der Waals surface area contributed by atoms with Crippen LogP contribution < -0.4 is 19.9 Å². The van der Waals surface area contributed by atoms with Crippen LogP contribution in [0.1, 0.15) is 18.1 Å². The molecule has 0 aliphatic carbocycles. The van der Waals surface area contributed by atoms with E-state index in [2.05, 4.69) is 5.43 Å². The summed E-state index contributed by atoms with van der Waals surface area (Å²) in [5, 5.41) is 1.63. The smallest absolute Gasteiger partial charge is 0.344 e. The normalized spacial score (nSPS) is 14.6. The van der Waals surface area contributed by atoms with Gasteiger partial charge in [0.1, 0.15) is 5.57 Å². The van der Waals surface area contributed by atoms with E-state index in [4.69, 9.17) is 25.8 Å². The lowest BCUT2D eigenvalue weighted by Crippen LogP contribution is -2.35. The lowest BCUT2D eigenvalue weighted by Gasteiger charge is -2.15. The maximum Gasteiger partial charge on any atom is 0.344 e. The summed E-state index contributed by atoms with van der Waals surface area (Å²) in [6, 6.07) is 9.89. The number of nitrogens with one attached hydrogen (secondary N) is 1. The van der Waals surface area contributed by atoms with Crippen molar-refractivity contribution >= 4 is 41.1 Å². The summed E-state index contributed by atoms with van der Waals surface area (Å²) in [6.45, 7) is 3.54. The van der Waals surface area contributed by atoms with E-state index in [0.29, 0.717) is 27.8 Å². The maximum absolute atomic E-state index is 12.8. The number of carbonyl (C=O) groups excluding carboxylic acids is 3. The third-order valence-corrected chi connectivity index (χ3v) is 4.86. The molecule has 2 amide bonds. The van der Waals surface area contributed by atoms with Crippen molar-refractivity contribution in [3.8, 4) is 11.5 Å². The van der Waals surface area contributed by atoms with Crippen LogP contribution in [0.25, 0.3) is 6.08 Å². The van der Waals surface area contributed by atoms with E-state index in [9.17, 15) is 14.4 Å². The summed E-state index contributed by atoms with van der Waals surface area (Å²) in [5.41, 5.74) is 4.35. The van der Waals surface area contributed by atoms with Crippen molar-refractivity contribution in [1.29, 1.82) is 0 Å². The minimum absolute atomic E-state index is 0.0426. The Labute approximate surface area is 184 Å². The average molecular weight is 445 g/mol. The van der Waals surface area contributed by atoms with Gasteiger partial charge in [0.25, 0.3) is 11.8 Å². The van der Waals surface area contributed by atoms with Gasteiger partial charge in [-0.05, 0) is 55.3 Å². The minimum Gasteiger partial charge on any atom is -0.493 e. The van der Waals surface area contributed by atoms with E-state index in [-0.39, 0.29) is 18.8 Å². The molecule has 1 saturated heterocycles. The number of hydrogen-bond acceptors (Lipinski definition) is 6. The van der Waals surface area contributed by atoms with E-state index in [1.54, 1.807) is 43.3 Å². The van der Waals surface area contributed by atoms with Crippen LogP contribution >= 0.6 is 11.6 Å². The Morgan fingerprint density at radius 1 is 1.16 bits per heavy atom. The van der Waals surface area contributed by atoms with Crippen molar-refractivity contribution in [3.63, 3.8) is 0 Å². The molecule has 0 unspecified atom stereocenters. The minimum atomic E-state index is -0.539. The molecule has 0 atom stereocenters. The summed E-state index contributed by atoms with van der Waals surface area (Å²) in [7, 11) is 1.44. The summed E-state index contributed by atoms with van der Waals surface area (Å²) in [5.74, 6) is -0.877. The number of anilines is 1. The first-order chi connectivity index (χ1) is 14.8. The Morgan fingerprint density at radius 2 is 1.94 bits per heavy atom. The van der Waals surface area contributed by atoms with Gasteiger partial charge in [-0.2, -0.15) is 0 Å². The molecule has 162 valence electrons. The van der Waals surface area contributed by atoms with Gasteiger partial charge in [-0.15, -0.1) is 0 Å². The highest BCUT2D eigenvalue weighted by Crippen LogP contribution is 2.30. The van der Waals surface area contributed by atoms with Crippen molar-refractivity contribution in [2.75, 3.05) is 25.3 Å². The predicted octanol–water partition coefficient (Wildman–Crippen LogP) is 3.06. The molecule has 1 heterocycles. The van der Waals surface area contributed by atoms with Crippen LogP contribution in [0, 0.1) is 6.92 Å². The van der Waals surface area contributed by atoms with E-state index < -0.39 is 17.8 Å². The molecular formula is C22H21ClN2O6. The highest BCUT2D eigenvalue weighted by molar-refractivity contribution is 6.33. The molecule has 1 fully saturated rings. The zero-order chi connectivity index (χ0) is 22.5. The highest BCUT2D eigenvalue weighted by atomic mass is 35.5. The van der Waals surface area contributed by atoms with Crippen LogP contribution in [0.2, 0.25) is 5.02 Å². The molecule has 0 radical (unpaired) electrons. The van der Waals surface area contributed by atoms with Gasteiger partial charge in [0, 0.05) is 5.02 Å². The molecule has 2 aromatic carbocycles. The standard InChI is InChI=1S/C22H21ClN2O6/c1-4-30-20(26)12-31-18-8-6-14(10-19(18)29-3)9-16-21(27)24-25(22(16)28)15-7-5-13(2)17(23)11-15/h5-11H,4,12H2,1-3H3,(H,24,27)/b16-9+. The Kier molecular flexibility index (Phi) is 6.81. The maximum atomic E-state index is 12.8. The van der Waals surface area contributed by atoms with E-state index >= 15 is 0 Å². The first kappa shape index (κ1) is 22.2. The van der Waals surface area contributed by atoms with Gasteiger partial charge in [-0.25, -0.2) is 9.80 Å². The SMILES string of the molecule is CCOC(=O)COc1ccc(/C=C2\C(=O)NN(c3ccc(C)c(Cl)c3)C2=O)cc1OC. The van der Waals surface area contributed by atoms with Crippen LogP contribution in [0.5, 0.6) is 11.5 Å². The molecule has 0 aromatic heterocycles.